The Labute approximate surface area is 259 Å². The van der Waals surface area contributed by atoms with Gasteiger partial charge in [-0.05, 0) is 49.9 Å². The molecule has 2 aromatic rings. The van der Waals surface area contributed by atoms with E-state index in [1.807, 2.05) is 38.1 Å². The van der Waals surface area contributed by atoms with Crippen molar-refractivity contribution in [2.45, 2.75) is 52.2 Å². The van der Waals surface area contributed by atoms with Gasteiger partial charge in [0.1, 0.15) is 5.75 Å². The Morgan fingerprint density at radius 3 is 2.28 bits per heavy atom. The molecule has 216 valence electrons. The molecule has 0 saturated carbocycles. The predicted octanol–water partition coefficient (Wildman–Crippen LogP) is 7.21. The van der Waals surface area contributed by atoms with Crippen LogP contribution in [-0.2, 0) is 38.5 Å². The number of alkyl halides is 6. The standard InChI is InChI=1S/C26H29Cl6NO5S/c1-17(2)38-20-6-4-5-18(13-20)14-23(34)33-11-9-24(16-33,10-12-37-39(3,35)36)19-7-8-21(25(27,28)29)22(15-19)26(30,31)32/h4-8,13,15,17H,9-12,14,16H2,1-3H3/t24-/m1/s1. The molecule has 2 aromatic carbocycles. The van der Waals surface area contributed by atoms with Crippen LogP contribution in [0.5, 0.6) is 5.75 Å². The third kappa shape index (κ3) is 9.17. The first kappa shape index (κ1) is 32.9. The molecule has 39 heavy (non-hydrogen) atoms. The van der Waals surface area contributed by atoms with Gasteiger partial charge in [-0.2, -0.15) is 8.42 Å². The number of hydrogen-bond donors (Lipinski definition) is 0. The monoisotopic (exact) mass is 677 g/mol. The lowest BCUT2D eigenvalue weighted by Crippen LogP contribution is -2.36. The molecule has 1 fully saturated rings. The Balaban J connectivity index is 1.92. The lowest BCUT2D eigenvalue weighted by Gasteiger charge is -2.32. The van der Waals surface area contributed by atoms with E-state index in [-0.39, 0.29) is 42.6 Å². The molecule has 1 aliphatic heterocycles. The summed E-state index contributed by atoms with van der Waals surface area (Å²) in [6, 6.07) is 12.4. The van der Waals surface area contributed by atoms with Crippen molar-refractivity contribution < 1.29 is 22.1 Å². The van der Waals surface area contributed by atoms with E-state index in [4.69, 9.17) is 78.5 Å². The van der Waals surface area contributed by atoms with Gasteiger partial charge in [0.15, 0.2) is 0 Å². The fourth-order valence-electron chi connectivity index (χ4n) is 4.70. The molecule has 0 spiro atoms. The largest absolute Gasteiger partial charge is 0.491 e. The first-order chi connectivity index (χ1) is 17.9. The summed E-state index contributed by atoms with van der Waals surface area (Å²) in [7, 11) is -3.67. The Morgan fingerprint density at radius 2 is 1.69 bits per heavy atom. The molecule has 1 saturated heterocycles. The van der Waals surface area contributed by atoms with Gasteiger partial charge in [0.25, 0.3) is 10.1 Å². The third-order valence-corrected chi connectivity index (χ3v) is 8.27. The van der Waals surface area contributed by atoms with Gasteiger partial charge in [0.2, 0.25) is 13.5 Å². The van der Waals surface area contributed by atoms with Crippen LogP contribution in [0.1, 0.15) is 48.9 Å². The van der Waals surface area contributed by atoms with Gasteiger partial charge in [-0.25, -0.2) is 0 Å². The van der Waals surface area contributed by atoms with Crippen molar-refractivity contribution in [1.29, 1.82) is 0 Å². The maximum absolute atomic E-state index is 13.4. The SMILES string of the molecule is CC(C)Oc1cccc(CC(=O)N2CC[C@](CCOS(C)(=O)=O)(c3ccc(C(Cl)(Cl)Cl)c(C(Cl)(Cl)Cl)c3)C2)c1. The number of nitrogens with zero attached hydrogens (tertiary/aromatic N) is 1. The summed E-state index contributed by atoms with van der Waals surface area (Å²) >= 11 is 37.2. The van der Waals surface area contributed by atoms with E-state index in [0.29, 0.717) is 30.8 Å². The molecule has 0 bridgehead atoms. The second-order valence-corrected chi connectivity index (χ2v) is 16.1. The van der Waals surface area contributed by atoms with E-state index in [2.05, 4.69) is 0 Å². The number of benzene rings is 2. The van der Waals surface area contributed by atoms with Crippen LogP contribution < -0.4 is 4.74 Å². The van der Waals surface area contributed by atoms with Crippen LogP contribution in [0.3, 0.4) is 0 Å². The molecule has 0 aliphatic carbocycles. The number of amides is 1. The fraction of sp³-hybridized carbons (Fsp3) is 0.500. The number of rotatable bonds is 9. The highest BCUT2D eigenvalue weighted by Gasteiger charge is 2.43. The molecular weight excluding hydrogens is 651 g/mol. The normalized spacial score (nSPS) is 18.6. The average Bonchev–Trinajstić information content (AvgIpc) is 3.22. The zero-order valence-corrected chi connectivity index (χ0v) is 26.9. The maximum atomic E-state index is 13.4. The molecule has 1 atom stereocenters. The molecule has 1 heterocycles. The fourth-order valence-corrected chi connectivity index (χ4v) is 6.05. The molecule has 1 aliphatic rings. The summed E-state index contributed by atoms with van der Waals surface area (Å²) in [5, 5.41) is 0. The maximum Gasteiger partial charge on any atom is 0.264 e. The van der Waals surface area contributed by atoms with Crippen LogP contribution in [0.4, 0.5) is 0 Å². The van der Waals surface area contributed by atoms with Crippen LogP contribution in [-0.4, -0.2) is 51.3 Å². The van der Waals surface area contributed by atoms with Gasteiger partial charge >= 0.3 is 0 Å². The molecular formula is C26H29Cl6NO5S. The Kier molecular flexibility index (Phi) is 10.7. The summed E-state index contributed by atoms with van der Waals surface area (Å²) in [6.07, 6.45) is 1.98. The van der Waals surface area contributed by atoms with Crippen LogP contribution in [0.25, 0.3) is 0 Å². The smallest absolute Gasteiger partial charge is 0.264 e. The number of ether oxygens (including phenoxy) is 1. The van der Waals surface area contributed by atoms with Crippen LogP contribution in [0.2, 0.25) is 0 Å². The molecule has 0 radical (unpaired) electrons. The topological polar surface area (TPSA) is 72.9 Å². The molecule has 0 unspecified atom stereocenters. The van der Waals surface area contributed by atoms with Crippen molar-refractivity contribution in [2.75, 3.05) is 26.0 Å². The summed E-state index contributed by atoms with van der Waals surface area (Å²) in [5.41, 5.74) is 1.22. The second-order valence-electron chi connectivity index (χ2n) is 9.87. The summed E-state index contributed by atoms with van der Waals surface area (Å²) in [4.78, 5) is 15.1. The summed E-state index contributed by atoms with van der Waals surface area (Å²) in [6.45, 7) is 4.51. The minimum atomic E-state index is -3.67. The van der Waals surface area contributed by atoms with Crippen molar-refractivity contribution in [1.82, 2.24) is 4.90 Å². The molecule has 1 amide bonds. The number of likely N-dealkylation sites (tertiary alicyclic amines) is 1. The van der Waals surface area contributed by atoms with Crippen molar-refractivity contribution in [3.8, 4) is 5.75 Å². The van der Waals surface area contributed by atoms with Crippen molar-refractivity contribution in [3.05, 3.63) is 64.7 Å². The zero-order chi connectivity index (χ0) is 29.2. The number of hydrogen-bond acceptors (Lipinski definition) is 5. The summed E-state index contributed by atoms with van der Waals surface area (Å²) in [5.74, 6) is 0.611. The summed E-state index contributed by atoms with van der Waals surface area (Å²) < 4.78 is 30.4. The van der Waals surface area contributed by atoms with E-state index in [9.17, 15) is 13.2 Å². The lowest BCUT2D eigenvalue weighted by atomic mass is 9.76. The van der Waals surface area contributed by atoms with E-state index in [1.54, 1.807) is 23.1 Å². The van der Waals surface area contributed by atoms with Crippen molar-refractivity contribution >= 4 is 85.6 Å². The van der Waals surface area contributed by atoms with Gasteiger partial charge in [-0.15, -0.1) is 0 Å². The molecule has 6 nitrogen and oxygen atoms in total. The van der Waals surface area contributed by atoms with Crippen molar-refractivity contribution in [3.63, 3.8) is 0 Å². The van der Waals surface area contributed by atoms with Gasteiger partial charge in [-0.1, -0.05) is 99.9 Å². The molecule has 3 rings (SSSR count). The quantitative estimate of drug-likeness (QED) is 0.207. The van der Waals surface area contributed by atoms with E-state index in [1.165, 1.54) is 0 Å². The Morgan fingerprint density at radius 1 is 1.03 bits per heavy atom. The third-order valence-electron chi connectivity index (χ3n) is 6.45. The average molecular weight is 680 g/mol. The van der Waals surface area contributed by atoms with Crippen LogP contribution in [0, 0.1) is 0 Å². The van der Waals surface area contributed by atoms with E-state index >= 15 is 0 Å². The Bertz CT molecular complexity index is 1290. The molecule has 0 aromatic heterocycles. The Hall–Kier alpha value is -0.640. The predicted molar refractivity (Wildman–Crippen MR) is 159 cm³/mol. The number of carbonyl (C=O) groups excluding carboxylic acids is 1. The first-order valence-electron chi connectivity index (χ1n) is 12.1. The van der Waals surface area contributed by atoms with Crippen LogP contribution in [0.15, 0.2) is 42.5 Å². The van der Waals surface area contributed by atoms with E-state index < -0.39 is 23.1 Å². The molecule has 0 N–H and O–H groups in total. The number of halogens is 6. The van der Waals surface area contributed by atoms with Gasteiger partial charge in [-0.3, -0.25) is 8.98 Å². The van der Waals surface area contributed by atoms with Gasteiger partial charge in [0, 0.05) is 29.6 Å². The molecule has 13 heteroatoms. The van der Waals surface area contributed by atoms with E-state index in [0.717, 1.165) is 11.8 Å². The van der Waals surface area contributed by atoms with Gasteiger partial charge in [0.05, 0.1) is 25.4 Å². The van der Waals surface area contributed by atoms with Crippen LogP contribution >= 0.6 is 69.6 Å². The number of carbonyl (C=O) groups is 1. The lowest BCUT2D eigenvalue weighted by molar-refractivity contribution is -0.129. The van der Waals surface area contributed by atoms with Crippen molar-refractivity contribution in [2.24, 2.45) is 0 Å². The zero-order valence-electron chi connectivity index (χ0n) is 21.5. The minimum absolute atomic E-state index is 0.00912. The highest BCUT2D eigenvalue weighted by Crippen LogP contribution is 2.50. The highest BCUT2D eigenvalue weighted by molar-refractivity contribution is 7.85. The highest BCUT2D eigenvalue weighted by atomic mass is 35.6. The first-order valence-corrected chi connectivity index (χ1v) is 16.1. The minimum Gasteiger partial charge on any atom is -0.491 e. The second kappa shape index (κ2) is 12.7. The van der Waals surface area contributed by atoms with Gasteiger partial charge < -0.3 is 9.64 Å².